The number of halogens is 1. The summed E-state index contributed by atoms with van der Waals surface area (Å²) in [6.07, 6.45) is 0.743. The number of benzene rings is 2. The Morgan fingerprint density at radius 1 is 1.17 bits per heavy atom. The highest BCUT2D eigenvalue weighted by molar-refractivity contribution is 7.99. The van der Waals surface area contributed by atoms with E-state index in [9.17, 15) is 14.0 Å². The zero-order valence-corrected chi connectivity index (χ0v) is 13.9. The van der Waals surface area contributed by atoms with Gasteiger partial charge in [0, 0.05) is 16.2 Å². The van der Waals surface area contributed by atoms with Crippen LogP contribution < -0.4 is 5.32 Å². The number of ether oxygens (including phenoxy) is 1. The van der Waals surface area contributed by atoms with Gasteiger partial charge in [-0.25, -0.2) is 9.18 Å². The maximum absolute atomic E-state index is 13.5. The first-order chi connectivity index (χ1) is 11.6. The Bertz CT molecular complexity index is 776. The third-order valence-corrected chi connectivity index (χ3v) is 5.01. The molecule has 2 aromatic rings. The summed E-state index contributed by atoms with van der Waals surface area (Å²) in [5.41, 5.74) is 1.64. The van der Waals surface area contributed by atoms with Gasteiger partial charge < -0.3 is 10.1 Å². The van der Waals surface area contributed by atoms with Crippen LogP contribution in [-0.2, 0) is 4.74 Å². The number of hydrogen-bond acceptors (Lipinski definition) is 4. The molecule has 0 aliphatic carbocycles. The van der Waals surface area contributed by atoms with Crippen molar-refractivity contribution in [3.05, 3.63) is 65.0 Å². The third-order valence-electron chi connectivity index (χ3n) is 3.88. The molecule has 1 heterocycles. The number of carbonyl (C=O) groups excluding carboxylic acids is 2. The first-order valence-corrected chi connectivity index (χ1v) is 8.48. The molecule has 3 rings (SSSR count). The number of hydrogen-bond donors (Lipinski definition) is 1. The summed E-state index contributed by atoms with van der Waals surface area (Å²) in [5, 5.41) is 2.95. The zero-order chi connectivity index (χ0) is 17.1. The predicted molar refractivity (Wildman–Crippen MR) is 89.7 cm³/mol. The molecule has 1 atom stereocenters. The van der Waals surface area contributed by atoms with Crippen molar-refractivity contribution in [2.45, 2.75) is 17.4 Å². The van der Waals surface area contributed by atoms with Gasteiger partial charge in [-0.05, 0) is 54.4 Å². The van der Waals surface area contributed by atoms with E-state index in [2.05, 4.69) is 10.1 Å². The fourth-order valence-electron chi connectivity index (χ4n) is 2.63. The lowest BCUT2D eigenvalue weighted by atomic mass is 10.0. The maximum Gasteiger partial charge on any atom is 0.337 e. The molecule has 1 unspecified atom stereocenters. The highest BCUT2D eigenvalue weighted by Gasteiger charge is 2.23. The Balaban J connectivity index is 1.76. The minimum atomic E-state index is -0.448. The lowest BCUT2D eigenvalue weighted by Gasteiger charge is -2.26. The van der Waals surface area contributed by atoms with Crippen molar-refractivity contribution in [1.29, 1.82) is 0 Å². The summed E-state index contributed by atoms with van der Waals surface area (Å²) in [7, 11) is 1.31. The summed E-state index contributed by atoms with van der Waals surface area (Å²) in [5.74, 6) is -0.141. The molecule has 0 saturated heterocycles. The fourth-order valence-corrected chi connectivity index (χ4v) is 3.74. The van der Waals surface area contributed by atoms with E-state index in [0.717, 1.165) is 22.6 Å². The quantitative estimate of drug-likeness (QED) is 0.864. The van der Waals surface area contributed by atoms with E-state index < -0.39 is 5.97 Å². The van der Waals surface area contributed by atoms with Gasteiger partial charge in [0.15, 0.2) is 0 Å². The number of carbonyl (C=O) groups is 2. The van der Waals surface area contributed by atoms with Crippen molar-refractivity contribution >= 4 is 23.6 Å². The van der Waals surface area contributed by atoms with E-state index in [-0.39, 0.29) is 17.8 Å². The molecule has 1 aliphatic rings. The molecular weight excluding hydrogens is 329 g/mol. The highest BCUT2D eigenvalue weighted by Crippen LogP contribution is 2.36. The van der Waals surface area contributed by atoms with Crippen LogP contribution in [0.15, 0.2) is 47.4 Å². The van der Waals surface area contributed by atoms with Gasteiger partial charge in [0.25, 0.3) is 5.91 Å². The van der Waals surface area contributed by atoms with Crippen molar-refractivity contribution in [2.75, 3.05) is 12.9 Å². The third kappa shape index (κ3) is 3.43. The van der Waals surface area contributed by atoms with Crippen LogP contribution in [0.2, 0.25) is 0 Å². The molecule has 0 aromatic heterocycles. The molecule has 6 heteroatoms. The Morgan fingerprint density at radius 3 is 2.58 bits per heavy atom. The average molecular weight is 345 g/mol. The van der Waals surface area contributed by atoms with Crippen LogP contribution in [0.4, 0.5) is 4.39 Å². The molecule has 24 heavy (non-hydrogen) atoms. The number of methoxy groups -OCH3 is 1. The van der Waals surface area contributed by atoms with Gasteiger partial charge in [0.2, 0.25) is 0 Å². The molecule has 4 nitrogen and oxygen atoms in total. The topological polar surface area (TPSA) is 55.4 Å². The lowest BCUT2D eigenvalue weighted by molar-refractivity contribution is 0.0600. The number of rotatable bonds is 3. The fraction of sp³-hybridized carbons (Fsp3) is 0.222. The van der Waals surface area contributed by atoms with Crippen molar-refractivity contribution in [3.8, 4) is 0 Å². The SMILES string of the molecule is COC(=O)c1ccc(C(=O)NC2CCSc3ccc(F)cc32)cc1. The van der Waals surface area contributed by atoms with Crippen molar-refractivity contribution in [1.82, 2.24) is 5.32 Å². The van der Waals surface area contributed by atoms with Gasteiger partial charge in [-0.2, -0.15) is 0 Å². The molecule has 0 spiro atoms. The predicted octanol–water partition coefficient (Wildman–Crippen LogP) is 3.58. The van der Waals surface area contributed by atoms with Gasteiger partial charge >= 0.3 is 5.97 Å². The van der Waals surface area contributed by atoms with E-state index in [1.807, 2.05) is 0 Å². The van der Waals surface area contributed by atoms with Gasteiger partial charge in [0.05, 0.1) is 18.7 Å². The van der Waals surface area contributed by atoms with Gasteiger partial charge in [-0.15, -0.1) is 11.8 Å². The van der Waals surface area contributed by atoms with Crippen LogP contribution >= 0.6 is 11.8 Å². The minimum absolute atomic E-state index is 0.218. The molecule has 1 amide bonds. The Hall–Kier alpha value is -2.34. The molecule has 0 radical (unpaired) electrons. The van der Waals surface area contributed by atoms with Crippen LogP contribution in [-0.4, -0.2) is 24.7 Å². The first-order valence-electron chi connectivity index (χ1n) is 7.50. The first kappa shape index (κ1) is 16.5. The van der Waals surface area contributed by atoms with Crippen molar-refractivity contribution in [3.63, 3.8) is 0 Å². The Kier molecular flexibility index (Phi) is 4.85. The summed E-state index contributed by atoms with van der Waals surface area (Å²) in [6.45, 7) is 0. The van der Waals surface area contributed by atoms with E-state index in [4.69, 9.17) is 0 Å². The second kappa shape index (κ2) is 7.05. The maximum atomic E-state index is 13.5. The highest BCUT2D eigenvalue weighted by atomic mass is 32.2. The Morgan fingerprint density at radius 2 is 1.88 bits per heavy atom. The molecular formula is C18H16FNO3S. The van der Waals surface area contributed by atoms with Gasteiger partial charge in [-0.1, -0.05) is 0 Å². The largest absolute Gasteiger partial charge is 0.465 e. The van der Waals surface area contributed by atoms with Gasteiger partial charge in [-0.3, -0.25) is 4.79 Å². The second-order valence-corrected chi connectivity index (χ2v) is 6.55. The van der Waals surface area contributed by atoms with Crippen molar-refractivity contribution < 1.29 is 18.7 Å². The smallest absolute Gasteiger partial charge is 0.337 e. The molecule has 124 valence electrons. The second-order valence-electron chi connectivity index (χ2n) is 5.41. The standard InChI is InChI=1S/C18H16FNO3S/c1-23-18(22)12-4-2-11(3-5-12)17(21)20-15-8-9-24-16-7-6-13(19)10-14(15)16/h2-7,10,15H,8-9H2,1H3,(H,20,21). The van der Waals surface area contributed by atoms with E-state index in [0.29, 0.717) is 11.1 Å². The number of nitrogens with one attached hydrogen (secondary N) is 1. The van der Waals surface area contributed by atoms with E-state index >= 15 is 0 Å². The summed E-state index contributed by atoms with van der Waals surface area (Å²) >= 11 is 1.66. The van der Waals surface area contributed by atoms with Crippen LogP contribution in [0.5, 0.6) is 0 Å². The molecule has 0 fully saturated rings. The monoisotopic (exact) mass is 345 g/mol. The molecule has 1 aliphatic heterocycles. The van der Waals surface area contributed by atoms with Crippen LogP contribution in [0.1, 0.15) is 38.7 Å². The molecule has 0 saturated carbocycles. The average Bonchev–Trinajstić information content (AvgIpc) is 2.61. The summed E-state index contributed by atoms with van der Waals surface area (Å²) in [6, 6.07) is 10.7. The number of thioether (sulfide) groups is 1. The summed E-state index contributed by atoms with van der Waals surface area (Å²) in [4.78, 5) is 24.8. The van der Waals surface area contributed by atoms with Gasteiger partial charge in [0.1, 0.15) is 5.82 Å². The van der Waals surface area contributed by atoms with Crippen molar-refractivity contribution in [2.24, 2.45) is 0 Å². The van der Waals surface area contributed by atoms with Crippen LogP contribution in [0.25, 0.3) is 0 Å². The normalized spacial score (nSPS) is 16.2. The Labute approximate surface area is 143 Å². The lowest BCUT2D eigenvalue weighted by Crippen LogP contribution is -2.30. The molecule has 0 bridgehead atoms. The van der Waals surface area contributed by atoms with E-state index in [1.54, 1.807) is 42.1 Å². The number of fused-ring (bicyclic) bond motifs is 1. The summed E-state index contributed by atoms with van der Waals surface area (Å²) < 4.78 is 18.1. The van der Waals surface area contributed by atoms with Crippen LogP contribution in [0.3, 0.4) is 0 Å². The van der Waals surface area contributed by atoms with Crippen LogP contribution in [0, 0.1) is 5.82 Å². The van der Waals surface area contributed by atoms with E-state index in [1.165, 1.54) is 19.2 Å². The number of amides is 1. The molecule has 2 aromatic carbocycles. The zero-order valence-electron chi connectivity index (χ0n) is 13.0. The minimum Gasteiger partial charge on any atom is -0.465 e. The number of esters is 1. The molecule has 1 N–H and O–H groups in total.